The van der Waals surface area contributed by atoms with Gasteiger partial charge in [0.15, 0.2) is 0 Å². The lowest BCUT2D eigenvalue weighted by Gasteiger charge is -2.40. The van der Waals surface area contributed by atoms with Crippen molar-refractivity contribution >= 4 is 11.9 Å². The second-order valence-corrected chi connectivity index (χ2v) is 5.75. The van der Waals surface area contributed by atoms with Crippen LogP contribution in [0.5, 0.6) is 0 Å². The van der Waals surface area contributed by atoms with Gasteiger partial charge >= 0.3 is 6.09 Å². The Bertz CT molecular complexity index is 484. The molecule has 0 bridgehead atoms. The van der Waals surface area contributed by atoms with E-state index in [2.05, 4.69) is 15.3 Å². The molecule has 0 atom stereocenters. The van der Waals surface area contributed by atoms with Crippen molar-refractivity contribution in [2.45, 2.75) is 39.1 Å². The summed E-state index contributed by atoms with van der Waals surface area (Å²) < 4.78 is 17.7. The van der Waals surface area contributed by atoms with Crippen molar-refractivity contribution < 1.29 is 13.9 Å². The Morgan fingerprint density at radius 2 is 2.20 bits per heavy atom. The molecule has 2 heterocycles. The molecular formula is C13H19FN4O2. The first-order valence-corrected chi connectivity index (χ1v) is 6.49. The highest BCUT2D eigenvalue weighted by Gasteiger charge is 2.33. The van der Waals surface area contributed by atoms with Crippen LogP contribution >= 0.6 is 0 Å². The molecule has 1 aromatic heterocycles. The van der Waals surface area contributed by atoms with Gasteiger partial charge in [-0.3, -0.25) is 0 Å². The zero-order valence-electron chi connectivity index (χ0n) is 11.9. The van der Waals surface area contributed by atoms with Crippen LogP contribution in [0.4, 0.5) is 15.0 Å². The quantitative estimate of drug-likeness (QED) is 0.918. The summed E-state index contributed by atoms with van der Waals surface area (Å²) >= 11 is 0. The van der Waals surface area contributed by atoms with Crippen molar-refractivity contribution in [1.29, 1.82) is 0 Å². The second-order valence-electron chi connectivity index (χ2n) is 5.75. The van der Waals surface area contributed by atoms with E-state index < -0.39 is 12.3 Å². The van der Waals surface area contributed by atoms with Gasteiger partial charge in [0, 0.05) is 19.2 Å². The number of aromatic nitrogens is 2. The first-order valence-electron chi connectivity index (χ1n) is 6.49. The van der Waals surface area contributed by atoms with Crippen LogP contribution in [-0.4, -0.2) is 45.7 Å². The van der Waals surface area contributed by atoms with Gasteiger partial charge in [0.25, 0.3) is 0 Å². The van der Waals surface area contributed by atoms with Gasteiger partial charge in [-0.2, -0.15) is 0 Å². The van der Waals surface area contributed by atoms with Crippen LogP contribution in [0, 0.1) is 0 Å². The zero-order chi connectivity index (χ0) is 14.8. The molecule has 7 heteroatoms. The average molecular weight is 282 g/mol. The summed E-state index contributed by atoms with van der Waals surface area (Å²) in [5.41, 5.74) is -0.149. The number of likely N-dealkylation sites (tertiary alicyclic amines) is 1. The van der Waals surface area contributed by atoms with Gasteiger partial charge in [-0.15, -0.1) is 0 Å². The Hall–Kier alpha value is -1.92. The minimum absolute atomic E-state index is 0.102. The van der Waals surface area contributed by atoms with Crippen molar-refractivity contribution in [2.75, 3.05) is 18.4 Å². The first-order chi connectivity index (χ1) is 9.37. The highest BCUT2D eigenvalue weighted by Crippen LogP contribution is 2.18. The smallest absolute Gasteiger partial charge is 0.410 e. The lowest BCUT2D eigenvalue weighted by Crippen LogP contribution is -2.58. The molecule has 1 saturated heterocycles. The van der Waals surface area contributed by atoms with Gasteiger partial charge in [0.1, 0.15) is 24.4 Å². The highest BCUT2D eigenvalue weighted by atomic mass is 19.1. The molecule has 1 N–H and O–H groups in total. The first kappa shape index (κ1) is 14.5. The molecule has 1 amide bonds. The van der Waals surface area contributed by atoms with E-state index in [0.29, 0.717) is 24.6 Å². The van der Waals surface area contributed by atoms with E-state index in [4.69, 9.17) is 4.74 Å². The molecule has 110 valence electrons. The van der Waals surface area contributed by atoms with Gasteiger partial charge < -0.3 is 15.0 Å². The number of hydrogen-bond acceptors (Lipinski definition) is 5. The molecule has 0 spiro atoms. The maximum atomic E-state index is 12.5. The fourth-order valence-electron chi connectivity index (χ4n) is 1.80. The molecule has 1 aliphatic heterocycles. The number of ether oxygens (including phenoxy) is 1. The van der Waals surface area contributed by atoms with E-state index in [1.54, 1.807) is 11.0 Å². The Morgan fingerprint density at radius 3 is 2.80 bits per heavy atom. The maximum Gasteiger partial charge on any atom is 0.410 e. The molecule has 1 aromatic rings. The summed E-state index contributed by atoms with van der Waals surface area (Å²) in [4.78, 5) is 21.1. The fourth-order valence-corrected chi connectivity index (χ4v) is 1.80. The third kappa shape index (κ3) is 3.79. The molecule has 0 unspecified atom stereocenters. The molecule has 0 saturated carbocycles. The van der Waals surface area contributed by atoms with Crippen molar-refractivity contribution in [3.8, 4) is 0 Å². The average Bonchev–Trinajstić information content (AvgIpc) is 2.31. The standard InChI is InChI=1S/C13H19FN4O2/c1-13(2,3)20-12(19)18-6-10(7-18)17-11-4-9(5-14)15-8-16-11/h4,8,10H,5-7H2,1-3H3,(H,15,16,17). The van der Waals surface area contributed by atoms with Gasteiger partial charge in [-0.25, -0.2) is 19.2 Å². The van der Waals surface area contributed by atoms with Crippen molar-refractivity contribution in [3.63, 3.8) is 0 Å². The van der Waals surface area contributed by atoms with Crippen LogP contribution in [0.25, 0.3) is 0 Å². The molecular weight excluding hydrogens is 263 g/mol. The Labute approximate surface area is 117 Å². The van der Waals surface area contributed by atoms with E-state index in [-0.39, 0.29) is 12.1 Å². The molecule has 1 fully saturated rings. The summed E-state index contributed by atoms with van der Waals surface area (Å²) in [5.74, 6) is 0.571. The van der Waals surface area contributed by atoms with Crippen LogP contribution in [0.2, 0.25) is 0 Å². The lowest BCUT2D eigenvalue weighted by molar-refractivity contribution is 0.0104. The normalized spacial score (nSPS) is 15.7. The number of anilines is 1. The number of carbonyl (C=O) groups is 1. The Balaban J connectivity index is 1.80. The number of amides is 1. The third-order valence-electron chi connectivity index (χ3n) is 2.75. The van der Waals surface area contributed by atoms with E-state index in [1.165, 1.54) is 6.33 Å². The fraction of sp³-hybridized carbons (Fsp3) is 0.615. The van der Waals surface area contributed by atoms with E-state index >= 15 is 0 Å². The summed E-state index contributed by atoms with van der Waals surface area (Å²) in [6, 6.07) is 1.67. The largest absolute Gasteiger partial charge is 0.444 e. The van der Waals surface area contributed by atoms with Gasteiger partial charge in [-0.05, 0) is 20.8 Å². The Morgan fingerprint density at radius 1 is 1.50 bits per heavy atom. The van der Waals surface area contributed by atoms with Crippen LogP contribution in [0.1, 0.15) is 26.5 Å². The van der Waals surface area contributed by atoms with Crippen LogP contribution < -0.4 is 5.32 Å². The van der Waals surface area contributed by atoms with Gasteiger partial charge in [0.05, 0.1) is 11.7 Å². The number of halogens is 1. The second kappa shape index (κ2) is 5.60. The molecule has 0 radical (unpaired) electrons. The van der Waals surface area contributed by atoms with Crippen LogP contribution in [0.3, 0.4) is 0 Å². The van der Waals surface area contributed by atoms with Crippen molar-refractivity contribution in [3.05, 3.63) is 18.1 Å². The predicted molar refractivity (Wildman–Crippen MR) is 72.1 cm³/mol. The summed E-state index contributed by atoms with van der Waals surface area (Å²) in [6.07, 6.45) is 1.00. The molecule has 6 nitrogen and oxygen atoms in total. The monoisotopic (exact) mass is 282 g/mol. The molecule has 20 heavy (non-hydrogen) atoms. The SMILES string of the molecule is CC(C)(C)OC(=O)N1CC(Nc2cc(CF)ncn2)C1. The maximum absolute atomic E-state index is 12.5. The van der Waals surface area contributed by atoms with Gasteiger partial charge in [-0.1, -0.05) is 0 Å². The summed E-state index contributed by atoms with van der Waals surface area (Å²) in [5, 5.41) is 3.13. The predicted octanol–water partition coefficient (Wildman–Crippen LogP) is 1.98. The number of nitrogens with zero attached hydrogens (tertiary/aromatic N) is 3. The van der Waals surface area contributed by atoms with Crippen molar-refractivity contribution in [2.24, 2.45) is 0 Å². The topological polar surface area (TPSA) is 67.3 Å². The van der Waals surface area contributed by atoms with Crippen LogP contribution in [-0.2, 0) is 11.4 Å². The third-order valence-corrected chi connectivity index (χ3v) is 2.75. The Kier molecular flexibility index (Phi) is 4.06. The van der Waals surface area contributed by atoms with E-state index in [1.807, 2.05) is 20.8 Å². The van der Waals surface area contributed by atoms with Gasteiger partial charge in [0.2, 0.25) is 0 Å². The zero-order valence-corrected chi connectivity index (χ0v) is 11.9. The lowest BCUT2D eigenvalue weighted by atomic mass is 10.1. The molecule has 0 aromatic carbocycles. The molecule has 2 rings (SSSR count). The summed E-state index contributed by atoms with van der Waals surface area (Å²) in [6.45, 7) is 5.97. The number of nitrogens with one attached hydrogen (secondary N) is 1. The van der Waals surface area contributed by atoms with Crippen molar-refractivity contribution in [1.82, 2.24) is 14.9 Å². The highest BCUT2D eigenvalue weighted by molar-refractivity contribution is 5.69. The minimum Gasteiger partial charge on any atom is -0.444 e. The van der Waals surface area contributed by atoms with E-state index in [9.17, 15) is 9.18 Å². The number of carbonyl (C=O) groups excluding carboxylic acids is 1. The molecule has 1 aliphatic rings. The number of rotatable bonds is 3. The number of hydrogen-bond donors (Lipinski definition) is 1. The van der Waals surface area contributed by atoms with Crippen LogP contribution in [0.15, 0.2) is 12.4 Å². The number of alkyl halides is 1. The summed E-state index contributed by atoms with van der Waals surface area (Å²) in [7, 11) is 0. The van der Waals surface area contributed by atoms with E-state index in [0.717, 1.165) is 0 Å². The minimum atomic E-state index is -0.619. The molecule has 0 aliphatic carbocycles.